The fourth-order valence-corrected chi connectivity index (χ4v) is 4.99. The first-order chi connectivity index (χ1) is 17.9. The number of hydrogen-bond acceptors (Lipinski definition) is 6. The molecule has 3 aromatic heterocycles. The van der Waals surface area contributed by atoms with Gasteiger partial charge in [-0.15, -0.1) is 5.10 Å². The van der Waals surface area contributed by atoms with Gasteiger partial charge in [0.05, 0.1) is 17.8 Å². The highest BCUT2D eigenvalue weighted by atomic mass is 16.3. The van der Waals surface area contributed by atoms with Gasteiger partial charge in [0.25, 0.3) is 5.56 Å². The Hall–Kier alpha value is -4.04. The summed E-state index contributed by atoms with van der Waals surface area (Å²) in [5, 5.41) is 13.7. The van der Waals surface area contributed by atoms with Gasteiger partial charge in [-0.2, -0.15) is 0 Å². The minimum atomic E-state index is -0.111. The molecular formula is C29H32N6O2. The van der Waals surface area contributed by atoms with Crippen LogP contribution in [-0.2, 0) is 19.6 Å². The van der Waals surface area contributed by atoms with E-state index in [0.717, 1.165) is 40.0 Å². The minimum Gasteiger partial charge on any atom is -0.467 e. The van der Waals surface area contributed by atoms with Crippen molar-refractivity contribution < 1.29 is 4.42 Å². The Morgan fingerprint density at radius 1 is 1.03 bits per heavy atom. The number of rotatable bonds is 9. The number of benzene rings is 2. The van der Waals surface area contributed by atoms with Gasteiger partial charge in [-0.05, 0) is 78.4 Å². The standard InChI is InChI=1S/C29H32N6O2/c1-5-26(28-31-32-33-35(28)18-25-7-6-12-37-25)34(16-22-10-8-19(2)9-11-22)17-24-15-23-14-20(3)13-21(4)27(23)30-29(24)36/h6-15,26H,5,16-18H2,1-4H3,(H,30,36). The van der Waals surface area contributed by atoms with E-state index in [0.29, 0.717) is 25.2 Å². The Balaban J connectivity index is 1.54. The molecule has 0 saturated carbocycles. The van der Waals surface area contributed by atoms with Gasteiger partial charge in [0, 0.05) is 18.7 Å². The summed E-state index contributed by atoms with van der Waals surface area (Å²) >= 11 is 0. The van der Waals surface area contributed by atoms with Gasteiger partial charge in [0.15, 0.2) is 5.82 Å². The summed E-state index contributed by atoms with van der Waals surface area (Å²) in [6, 6.07) is 18.4. The molecule has 37 heavy (non-hydrogen) atoms. The Labute approximate surface area is 215 Å². The average Bonchev–Trinajstić information content (AvgIpc) is 3.55. The molecule has 0 amide bonds. The number of tetrazole rings is 1. The topological polar surface area (TPSA) is 92.8 Å². The summed E-state index contributed by atoms with van der Waals surface area (Å²) in [5.74, 6) is 1.53. The highest BCUT2D eigenvalue weighted by Crippen LogP contribution is 2.27. The van der Waals surface area contributed by atoms with Crippen molar-refractivity contribution in [1.82, 2.24) is 30.1 Å². The summed E-state index contributed by atoms with van der Waals surface area (Å²) in [6.07, 6.45) is 2.42. The normalized spacial score (nSPS) is 12.5. The third-order valence-electron chi connectivity index (χ3n) is 6.82. The Bertz CT molecular complexity index is 1550. The quantitative estimate of drug-likeness (QED) is 0.300. The number of nitrogens with zero attached hydrogens (tertiary/aromatic N) is 5. The van der Waals surface area contributed by atoms with Crippen LogP contribution in [0.1, 0.15) is 58.8 Å². The van der Waals surface area contributed by atoms with Gasteiger partial charge in [-0.1, -0.05) is 48.4 Å². The SMILES string of the molecule is CCC(c1nnnn1Cc1ccco1)N(Cc1ccc(C)cc1)Cc1cc2cc(C)cc(C)c2[nH]c1=O. The third-order valence-corrected chi connectivity index (χ3v) is 6.82. The largest absolute Gasteiger partial charge is 0.467 e. The molecule has 0 aliphatic heterocycles. The molecule has 0 aliphatic carbocycles. The Morgan fingerprint density at radius 2 is 1.84 bits per heavy atom. The fraction of sp³-hybridized carbons (Fsp3) is 0.310. The van der Waals surface area contributed by atoms with Crippen LogP contribution in [0.4, 0.5) is 0 Å². The van der Waals surface area contributed by atoms with Gasteiger partial charge < -0.3 is 9.40 Å². The van der Waals surface area contributed by atoms with Crippen molar-refractivity contribution in [2.75, 3.05) is 0 Å². The summed E-state index contributed by atoms with van der Waals surface area (Å²) in [5.41, 5.74) is 6.14. The Kier molecular flexibility index (Phi) is 7.01. The van der Waals surface area contributed by atoms with Crippen molar-refractivity contribution in [3.8, 4) is 0 Å². The second-order valence-corrected chi connectivity index (χ2v) is 9.76. The van der Waals surface area contributed by atoms with E-state index in [4.69, 9.17) is 4.42 Å². The van der Waals surface area contributed by atoms with Crippen LogP contribution >= 0.6 is 0 Å². The summed E-state index contributed by atoms with van der Waals surface area (Å²) in [4.78, 5) is 18.6. The Morgan fingerprint density at radius 3 is 2.57 bits per heavy atom. The van der Waals surface area contributed by atoms with E-state index in [1.54, 1.807) is 10.9 Å². The first kappa shape index (κ1) is 24.6. The number of aromatic amines is 1. The van der Waals surface area contributed by atoms with Gasteiger partial charge in [-0.3, -0.25) is 9.69 Å². The molecule has 8 heteroatoms. The molecule has 3 heterocycles. The molecular weight excluding hydrogens is 464 g/mol. The second-order valence-electron chi connectivity index (χ2n) is 9.76. The number of fused-ring (bicyclic) bond motifs is 1. The predicted molar refractivity (Wildman–Crippen MR) is 143 cm³/mol. The van der Waals surface area contributed by atoms with Gasteiger partial charge >= 0.3 is 0 Å². The monoisotopic (exact) mass is 496 g/mol. The van der Waals surface area contributed by atoms with E-state index in [1.165, 1.54) is 11.1 Å². The molecule has 8 nitrogen and oxygen atoms in total. The van der Waals surface area contributed by atoms with E-state index >= 15 is 0 Å². The molecule has 2 aromatic carbocycles. The molecule has 190 valence electrons. The van der Waals surface area contributed by atoms with E-state index in [-0.39, 0.29) is 11.6 Å². The number of H-pyrrole nitrogens is 1. The number of hydrogen-bond donors (Lipinski definition) is 1. The van der Waals surface area contributed by atoms with E-state index < -0.39 is 0 Å². The van der Waals surface area contributed by atoms with Crippen LogP contribution in [0.5, 0.6) is 0 Å². The molecule has 0 saturated heterocycles. The maximum Gasteiger partial charge on any atom is 0.252 e. The lowest BCUT2D eigenvalue weighted by Crippen LogP contribution is -2.32. The van der Waals surface area contributed by atoms with E-state index in [1.807, 2.05) is 25.1 Å². The molecule has 0 fully saturated rings. The molecule has 1 atom stereocenters. The fourth-order valence-electron chi connectivity index (χ4n) is 4.99. The van der Waals surface area contributed by atoms with Crippen molar-refractivity contribution in [1.29, 1.82) is 0 Å². The third kappa shape index (κ3) is 5.39. The molecule has 1 unspecified atom stereocenters. The van der Waals surface area contributed by atoms with Gasteiger partial charge in [-0.25, -0.2) is 4.68 Å². The van der Waals surface area contributed by atoms with Crippen LogP contribution in [0.15, 0.2) is 70.1 Å². The number of aromatic nitrogens is 5. The van der Waals surface area contributed by atoms with E-state index in [2.05, 4.69) is 82.6 Å². The lowest BCUT2D eigenvalue weighted by Gasteiger charge is -2.30. The van der Waals surface area contributed by atoms with Crippen molar-refractivity contribution >= 4 is 10.9 Å². The smallest absolute Gasteiger partial charge is 0.252 e. The predicted octanol–water partition coefficient (Wildman–Crippen LogP) is 5.23. The maximum absolute atomic E-state index is 13.2. The summed E-state index contributed by atoms with van der Waals surface area (Å²) in [7, 11) is 0. The molecule has 5 aromatic rings. The summed E-state index contributed by atoms with van der Waals surface area (Å²) in [6.45, 7) is 9.86. The molecule has 5 rings (SSSR count). The zero-order valence-electron chi connectivity index (χ0n) is 21.7. The van der Waals surface area contributed by atoms with Crippen molar-refractivity contribution in [2.45, 2.75) is 59.8 Å². The lowest BCUT2D eigenvalue weighted by molar-refractivity contribution is 0.161. The first-order valence-electron chi connectivity index (χ1n) is 12.6. The van der Waals surface area contributed by atoms with Crippen LogP contribution in [0.2, 0.25) is 0 Å². The molecule has 1 N–H and O–H groups in total. The molecule has 0 aliphatic rings. The summed E-state index contributed by atoms with van der Waals surface area (Å²) < 4.78 is 7.32. The highest BCUT2D eigenvalue weighted by Gasteiger charge is 2.26. The van der Waals surface area contributed by atoms with Crippen LogP contribution < -0.4 is 5.56 Å². The van der Waals surface area contributed by atoms with Crippen LogP contribution in [0.3, 0.4) is 0 Å². The first-order valence-corrected chi connectivity index (χ1v) is 12.6. The highest BCUT2D eigenvalue weighted by molar-refractivity contribution is 5.82. The van der Waals surface area contributed by atoms with Crippen LogP contribution in [0, 0.1) is 20.8 Å². The molecule has 0 bridgehead atoms. The van der Waals surface area contributed by atoms with Crippen molar-refractivity contribution in [2.24, 2.45) is 0 Å². The lowest BCUT2D eigenvalue weighted by atomic mass is 10.0. The maximum atomic E-state index is 13.2. The van der Waals surface area contributed by atoms with Crippen molar-refractivity contribution in [3.63, 3.8) is 0 Å². The number of aryl methyl sites for hydroxylation is 3. The minimum absolute atomic E-state index is 0.0709. The molecule has 0 radical (unpaired) electrons. The molecule has 0 spiro atoms. The van der Waals surface area contributed by atoms with Crippen molar-refractivity contribution in [3.05, 3.63) is 111 Å². The van der Waals surface area contributed by atoms with Gasteiger partial charge in [0.2, 0.25) is 0 Å². The second kappa shape index (κ2) is 10.5. The van der Waals surface area contributed by atoms with Crippen LogP contribution in [-0.4, -0.2) is 30.1 Å². The number of furan rings is 1. The van der Waals surface area contributed by atoms with Gasteiger partial charge in [0.1, 0.15) is 12.3 Å². The number of pyridine rings is 1. The average molecular weight is 497 g/mol. The zero-order chi connectivity index (χ0) is 25.9. The van der Waals surface area contributed by atoms with E-state index in [9.17, 15) is 4.79 Å². The zero-order valence-corrected chi connectivity index (χ0v) is 21.7. The number of nitrogens with one attached hydrogen (secondary N) is 1. The van der Waals surface area contributed by atoms with Crippen LogP contribution in [0.25, 0.3) is 10.9 Å².